The summed E-state index contributed by atoms with van der Waals surface area (Å²) in [5.41, 5.74) is 3.01. The van der Waals surface area contributed by atoms with Gasteiger partial charge in [-0.05, 0) is 24.3 Å². The maximum absolute atomic E-state index is 11.5. The van der Waals surface area contributed by atoms with Gasteiger partial charge in [0.1, 0.15) is 11.3 Å². The fourth-order valence-electron chi connectivity index (χ4n) is 2.45. The molecule has 0 atom stereocenters. The summed E-state index contributed by atoms with van der Waals surface area (Å²) in [6, 6.07) is 14.8. The van der Waals surface area contributed by atoms with Crippen molar-refractivity contribution in [1.82, 2.24) is 0 Å². The fourth-order valence-corrected chi connectivity index (χ4v) is 2.45. The lowest BCUT2D eigenvalue weighted by Gasteiger charge is -2.07. The topological polar surface area (TPSA) is 51.5 Å². The molecular weight excluding hydrogens is 290 g/mol. The van der Waals surface area contributed by atoms with E-state index >= 15 is 0 Å². The van der Waals surface area contributed by atoms with Crippen molar-refractivity contribution in [2.24, 2.45) is 0 Å². The number of hydrogen-bond acceptors (Lipinski definition) is 4. The van der Waals surface area contributed by atoms with Gasteiger partial charge in [-0.2, -0.15) is 0 Å². The van der Waals surface area contributed by atoms with Crippen molar-refractivity contribution < 1.29 is 9.15 Å². The van der Waals surface area contributed by atoms with Gasteiger partial charge in [0.25, 0.3) is 0 Å². The Labute approximate surface area is 134 Å². The molecule has 3 aromatic rings. The maximum Gasteiger partial charge on any atom is 0.336 e. The molecule has 0 bridgehead atoms. The second-order valence-corrected chi connectivity index (χ2v) is 5.06. The molecular formula is C19H17NO3. The van der Waals surface area contributed by atoms with Crippen LogP contribution >= 0.6 is 0 Å². The Kier molecular flexibility index (Phi) is 4.15. The number of methoxy groups -OCH3 is 1. The van der Waals surface area contributed by atoms with Crippen LogP contribution in [-0.2, 0) is 0 Å². The highest BCUT2D eigenvalue weighted by atomic mass is 16.5. The number of fused-ring (bicyclic) bond motifs is 1. The van der Waals surface area contributed by atoms with Crippen LogP contribution in [0.25, 0.3) is 23.1 Å². The van der Waals surface area contributed by atoms with E-state index in [4.69, 9.17) is 9.15 Å². The minimum Gasteiger partial charge on any atom is -0.496 e. The highest BCUT2D eigenvalue weighted by Gasteiger charge is 2.04. The standard InChI is InChI=1S/C19H17NO3/c1-20-16-9-10-17(22-2)15(12-16)7-6-13-4-3-5-14-8-11-18(21)23-19(13)14/h3-12,20H,1-2H3/b7-6+. The first-order valence-corrected chi connectivity index (χ1v) is 7.28. The number of benzene rings is 2. The van der Waals surface area contributed by atoms with Gasteiger partial charge in [0.05, 0.1) is 7.11 Å². The molecule has 2 aromatic carbocycles. The third kappa shape index (κ3) is 3.11. The summed E-state index contributed by atoms with van der Waals surface area (Å²) >= 11 is 0. The zero-order valence-corrected chi connectivity index (χ0v) is 13.0. The average Bonchev–Trinajstić information content (AvgIpc) is 2.59. The van der Waals surface area contributed by atoms with Crippen molar-refractivity contribution in [2.75, 3.05) is 19.5 Å². The molecule has 0 unspecified atom stereocenters. The molecule has 1 heterocycles. The van der Waals surface area contributed by atoms with Gasteiger partial charge >= 0.3 is 5.63 Å². The van der Waals surface area contributed by atoms with Gasteiger partial charge in [-0.15, -0.1) is 0 Å². The number of hydrogen-bond donors (Lipinski definition) is 1. The van der Waals surface area contributed by atoms with Gasteiger partial charge in [-0.1, -0.05) is 30.4 Å². The first-order valence-electron chi connectivity index (χ1n) is 7.28. The van der Waals surface area contributed by atoms with Crippen LogP contribution in [0, 0.1) is 0 Å². The van der Waals surface area contributed by atoms with Gasteiger partial charge in [0, 0.05) is 35.3 Å². The summed E-state index contributed by atoms with van der Waals surface area (Å²) in [4.78, 5) is 11.5. The van der Waals surface area contributed by atoms with E-state index < -0.39 is 0 Å². The summed E-state index contributed by atoms with van der Waals surface area (Å²) in [6.45, 7) is 0. The van der Waals surface area contributed by atoms with Gasteiger partial charge in [-0.25, -0.2) is 4.79 Å². The van der Waals surface area contributed by atoms with Crippen molar-refractivity contribution in [3.8, 4) is 5.75 Å². The van der Waals surface area contributed by atoms with Crippen LogP contribution in [0.5, 0.6) is 5.75 Å². The van der Waals surface area contributed by atoms with Gasteiger partial charge in [0.15, 0.2) is 0 Å². The Morgan fingerprint density at radius 2 is 1.87 bits per heavy atom. The molecule has 0 aliphatic heterocycles. The third-order valence-electron chi connectivity index (χ3n) is 3.64. The molecule has 116 valence electrons. The zero-order valence-electron chi connectivity index (χ0n) is 13.0. The second-order valence-electron chi connectivity index (χ2n) is 5.06. The Bertz CT molecular complexity index is 925. The largest absolute Gasteiger partial charge is 0.496 e. The number of nitrogens with one attached hydrogen (secondary N) is 1. The lowest BCUT2D eigenvalue weighted by Crippen LogP contribution is -1.95. The molecule has 0 saturated heterocycles. The van der Waals surface area contributed by atoms with E-state index in [2.05, 4.69) is 5.32 Å². The molecule has 1 N–H and O–H groups in total. The Balaban J connectivity index is 2.07. The number of anilines is 1. The van der Waals surface area contributed by atoms with Crippen molar-refractivity contribution in [3.05, 3.63) is 70.1 Å². The number of ether oxygens (including phenoxy) is 1. The molecule has 0 spiro atoms. The average molecular weight is 307 g/mol. The summed E-state index contributed by atoms with van der Waals surface area (Å²) < 4.78 is 10.7. The van der Waals surface area contributed by atoms with Crippen LogP contribution in [0.2, 0.25) is 0 Å². The third-order valence-corrected chi connectivity index (χ3v) is 3.64. The molecule has 1 aromatic heterocycles. The van der Waals surface area contributed by atoms with Gasteiger partial charge in [0.2, 0.25) is 0 Å². The SMILES string of the molecule is CNc1ccc(OC)c(/C=C/c2cccc3ccc(=O)oc23)c1. The Morgan fingerprint density at radius 3 is 2.65 bits per heavy atom. The van der Waals surface area contributed by atoms with E-state index in [1.807, 2.05) is 55.6 Å². The van der Waals surface area contributed by atoms with Crippen molar-refractivity contribution >= 4 is 28.8 Å². The molecule has 0 aliphatic rings. The Morgan fingerprint density at radius 1 is 1.04 bits per heavy atom. The lowest BCUT2D eigenvalue weighted by atomic mass is 10.1. The molecule has 0 saturated carbocycles. The minimum absolute atomic E-state index is 0.354. The van der Waals surface area contributed by atoms with Crippen molar-refractivity contribution in [3.63, 3.8) is 0 Å². The lowest BCUT2D eigenvalue weighted by molar-refractivity contribution is 0.414. The molecule has 23 heavy (non-hydrogen) atoms. The molecule has 4 nitrogen and oxygen atoms in total. The van der Waals surface area contributed by atoms with Crippen LogP contribution in [-0.4, -0.2) is 14.2 Å². The van der Waals surface area contributed by atoms with Crippen LogP contribution in [0.1, 0.15) is 11.1 Å². The van der Waals surface area contributed by atoms with Crippen molar-refractivity contribution in [1.29, 1.82) is 0 Å². The van der Waals surface area contributed by atoms with Crippen molar-refractivity contribution in [2.45, 2.75) is 0 Å². The predicted octanol–water partition coefficient (Wildman–Crippen LogP) is 4.01. The van der Waals surface area contributed by atoms with E-state index in [0.29, 0.717) is 5.58 Å². The van der Waals surface area contributed by atoms with Crippen LogP contribution < -0.4 is 15.7 Å². The second kappa shape index (κ2) is 6.40. The molecule has 0 fully saturated rings. The molecule has 0 amide bonds. The monoisotopic (exact) mass is 307 g/mol. The maximum atomic E-state index is 11.5. The van der Waals surface area contributed by atoms with E-state index in [1.54, 1.807) is 13.2 Å². The van der Waals surface area contributed by atoms with E-state index in [1.165, 1.54) is 6.07 Å². The summed E-state index contributed by atoms with van der Waals surface area (Å²) in [5, 5.41) is 4.00. The summed E-state index contributed by atoms with van der Waals surface area (Å²) in [7, 11) is 3.51. The fraction of sp³-hybridized carbons (Fsp3) is 0.105. The van der Waals surface area contributed by atoms with Crippen LogP contribution in [0.15, 0.2) is 57.7 Å². The Hall–Kier alpha value is -3.01. The highest BCUT2D eigenvalue weighted by Crippen LogP contribution is 2.26. The van der Waals surface area contributed by atoms with E-state index in [0.717, 1.165) is 28.0 Å². The summed E-state index contributed by atoms with van der Waals surface area (Å²) in [6.07, 6.45) is 3.87. The number of rotatable bonds is 4. The predicted molar refractivity (Wildman–Crippen MR) is 94.0 cm³/mol. The van der Waals surface area contributed by atoms with Gasteiger partial charge in [-0.3, -0.25) is 0 Å². The van der Waals surface area contributed by atoms with E-state index in [-0.39, 0.29) is 5.63 Å². The molecule has 0 aliphatic carbocycles. The van der Waals surface area contributed by atoms with Crippen LogP contribution in [0.3, 0.4) is 0 Å². The molecule has 0 radical (unpaired) electrons. The van der Waals surface area contributed by atoms with Gasteiger partial charge < -0.3 is 14.5 Å². The molecule has 4 heteroatoms. The van der Waals surface area contributed by atoms with Crippen LogP contribution in [0.4, 0.5) is 5.69 Å². The smallest absolute Gasteiger partial charge is 0.336 e. The normalized spacial score (nSPS) is 11.0. The minimum atomic E-state index is -0.354. The number of para-hydroxylation sites is 1. The highest BCUT2D eigenvalue weighted by molar-refractivity contribution is 5.88. The first kappa shape index (κ1) is 14.9. The zero-order chi connectivity index (χ0) is 16.2. The molecule has 3 rings (SSSR count). The van der Waals surface area contributed by atoms with E-state index in [9.17, 15) is 4.79 Å². The quantitative estimate of drug-likeness (QED) is 0.584. The first-order chi connectivity index (χ1) is 11.2. The summed E-state index contributed by atoms with van der Waals surface area (Å²) in [5.74, 6) is 0.780.